The van der Waals surface area contributed by atoms with Crippen molar-refractivity contribution < 1.29 is 4.79 Å². The molecule has 1 aromatic heterocycles. The van der Waals surface area contributed by atoms with Gasteiger partial charge in [0.1, 0.15) is 5.69 Å². The van der Waals surface area contributed by atoms with Crippen LogP contribution in [0.25, 0.3) is 16.8 Å². The third kappa shape index (κ3) is 4.92. The molecule has 0 bridgehead atoms. The van der Waals surface area contributed by atoms with Gasteiger partial charge in [-0.1, -0.05) is 61.7 Å². The van der Waals surface area contributed by atoms with Gasteiger partial charge in [-0.05, 0) is 44.4 Å². The summed E-state index contributed by atoms with van der Waals surface area (Å²) in [5.41, 5.74) is 10.9. The highest BCUT2D eigenvalue weighted by atomic mass is 16.2. The summed E-state index contributed by atoms with van der Waals surface area (Å²) in [5, 5.41) is 6.34. The fourth-order valence-corrected chi connectivity index (χ4v) is 3.67. The van der Waals surface area contributed by atoms with E-state index < -0.39 is 0 Å². The number of benzene rings is 1. The average Bonchev–Trinajstić information content (AvgIpc) is 3.11. The number of rotatable bonds is 11. The number of nitrogens with zero attached hydrogens (tertiary/aromatic N) is 1. The van der Waals surface area contributed by atoms with Gasteiger partial charge in [0.2, 0.25) is 0 Å². The van der Waals surface area contributed by atoms with E-state index in [2.05, 4.69) is 54.3 Å². The molecular formula is C25H34N4O. The third-order valence-corrected chi connectivity index (χ3v) is 4.96. The van der Waals surface area contributed by atoms with Crippen LogP contribution < -0.4 is 16.4 Å². The molecule has 4 N–H and O–H groups in total. The molecule has 0 unspecified atom stereocenters. The van der Waals surface area contributed by atoms with E-state index in [1.807, 2.05) is 31.3 Å². The van der Waals surface area contributed by atoms with Crippen LogP contribution in [-0.4, -0.2) is 30.6 Å². The van der Waals surface area contributed by atoms with Gasteiger partial charge in [0.25, 0.3) is 5.91 Å². The number of nitrogens with one attached hydrogen (secondary N) is 2. The molecule has 5 heteroatoms. The number of carbonyl (C=O) groups is 1. The van der Waals surface area contributed by atoms with E-state index in [1.165, 1.54) is 0 Å². The molecule has 0 radical (unpaired) electrons. The summed E-state index contributed by atoms with van der Waals surface area (Å²) in [4.78, 5) is 13.3. The Kier molecular flexibility index (Phi) is 8.69. The highest BCUT2D eigenvalue weighted by Gasteiger charge is 2.29. The van der Waals surface area contributed by atoms with E-state index in [0.29, 0.717) is 18.8 Å². The number of aromatic nitrogens is 1. The molecule has 1 amide bonds. The topological polar surface area (TPSA) is 72.1 Å². The maximum absolute atomic E-state index is 13.3. The van der Waals surface area contributed by atoms with E-state index in [4.69, 9.17) is 5.73 Å². The highest BCUT2D eigenvalue weighted by molar-refractivity contribution is 6.05. The SMILES string of the molecule is C=C/C=C(\C=C)c1c(NC)c(C(=O)NCCCCN)n(C(C)C)c1-c1ccccc1. The van der Waals surface area contributed by atoms with Crippen molar-refractivity contribution in [1.82, 2.24) is 9.88 Å². The van der Waals surface area contributed by atoms with Gasteiger partial charge in [-0.25, -0.2) is 0 Å². The first-order valence-corrected chi connectivity index (χ1v) is 10.5. The lowest BCUT2D eigenvalue weighted by molar-refractivity contribution is 0.0943. The Morgan fingerprint density at radius 3 is 2.43 bits per heavy atom. The Bertz CT molecular complexity index is 907. The first kappa shape index (κ1) is 23.2. The second-order valence-electron chi connectivity index (χ2n) is 7.34. The van der Waals surface area contributed by atoms with Crippen LogP contribution in [0.3, 0.4) is 0 Å². The van der Waals surface area contributed by atoms with Gasteiger partial charge in [0.05, 0.1) is 11.4 Å². The molecule has 0 aliphatic heterocycles. The van der Waals surface area contributed by atoms with Crippen LogP contribution in [0.1, 0.15) is 48.8 Å². The van der Waals surface area contributed by atoms with E-state index >= 15 is 0 Å². The van der Waals surface area contributed by atoms with E-state index in [0.717, 1.165) is 40.9 Å². The summed E-state index contributed by atoms with van der Waals surface area (Å²) >= 11 is 0. The second-order valence-corrected chi connectivity index (χ2v) is 7.34. The monoisotopic (exact) mass is 406 g/mol. The second kappa shape index (κ2) is 11.2. The predicted molar refractivity (Wildman–Crippen MR) is 129 cm³/mol. The number of nitrogens with two attached hydrogens (primary N) is 1. The van der Waals surface area contributed by atoms with Crippen molar-refractivity contribution in [2.24, 2.45) is 5.73 Å². The minimum Gasteiger partial charge on any atom is -0.386 e. The molecule has 0 spiro atoms. The minimum absolute atomic E-state index is 0.0700. The van der Waals surface area contributed by atoms with Crippen LogP contribution in [0, 0.1) is 0 Å². The lowest BCUT2D eigenvalue weighted by Gasteiger charge is -2.18. The van der Waals surface area contributed by atoms with Crippen LogP contribution in [0.4, 0.5) is 5.69 Å². The quantitative estimate of drug-likeness (QED) is 0.363. The highest BCUT2D eigenvalue weighted by Crippen LogP contribution is 2.42. The summed E-state index contributed by atoms with van der Waals surface area (Å²) in [6, 6.07) is 10.2. The van der Waals surface area contributed by atoms with Crippen LogP contribution >= 0.6 is 0 Å². The number of carbonyl (C=O) groups excluding carboxylic acids is 1. The Hall–Kier alpha value is -3.05. The van der Waals surface area contributed by atoms with Gasteiger partial charge in [0.15, 0.2) is 0 Å². The molecule has 30 heavy (non-hydrogen) atoms. The fourth-order valence-electron chi connectivity index (χ4n) is 3.67. The Labute approximate surface area is 180 Å². The Balaban J connectivity index is 2.80. The van der Waals surface area contributed by atoms with Gasteiger partial charge in [-0.2, -0.15) is 0 Å². The fraction of sp³-hybridized carbons (Fsp3) is 0.320. The van der Waals surface area contributed by atoms with Crippen LogP contribution in [0.15, 0.2) is 61.7 Å². The van der Waals surface area contributed by atoms with Crippen molar-refractivity contribution in [3.8, 4) is 11.3 Å². The lowest BCUT2D eigenvalue weighted by atomic mass is 9.99. The van der Waals surface area contributed by atoms with E-state index in [1.54, 1.807) is 12.2 Å². The van der Waals surface area contributed by atoms with Gasteiger partial charge in [-0.3, -0.25) is 4.79 Å². The number of anilines is 1. The van der Waals surface area contributed by atoms with Crippen LogP contribution in [0.5, 0.6) is 0 Å². The first-order chi connectivity index (χ1) is 14.5. The summed E-state index contributed by atoms with van der Waals surface area (Å²) in [6.07, 6.45) is 7.20. The van der Waals surface area contributed by atoms with Crippen molar-refractivity contribution >= 4 is 17.2 Å². The zero-order valence-corrected chi connectivity index (χ0v) is 18.4. The van der Waals surface area contributed by atoms with E-state index in [-0.39, 0.29) is 11.9 Å². The molecule has 2 rings (SSSR count). The summed E-state index contributed by atoms with van der Waals surface area (Å²) in [7, 11) is 1.85. The van der Waals surface area contributed by atoms with Crippen LogP contribution in [0.2, 0.25) is 0 Å². The molecule has 2 aromatic rings. The van der Waals surface area contributed by atoms with Crippen molar-refractivity contribution in [3.63, 3.8) is 0 Å². The van der Waals surface area contributed by atoms with Crippen molar-refractivity contribution in [2.75, 3.05) is 25.5 Å². The number of allylic oxidation sites excluding steroid dienone is 4. The minimum atomic E-state index is -0.101. The summed E-state index contributed by atoms with van der Waals surface area (Å²) in [6.45, 7) is 13.2. The first-order valence-electron chi connectivity index (χ1n) is 10.5. The molecule has 5 nitrogen and oxygen atoms in total. The molecule has 1 heterocycles. The van der Waals surface area contributed by atoms with E-state index in [9.17, 15) is 4.79 Å². The smallest absolute Gasteiger partial charge is 0.270 e. The number of amides is 1. The summed E-state index contributed by atoms with van der Waals surface area (Å²) in [5.74, 6) is -0.101. The maximum Gasteiger partial charge on any atom is 0.270 e. The lowest BCUT2D eigenvalue weighted by Crippen LogP contribution is -2.28. The van der Waals surface area contributed by atoms with Crippen LogP contribution in [-0.2, 0) is 0 Å². The molecule has 0 fully saturated rings. The predicted octanol–water partition coefficient (Wildman–Crippen LogP) is 5.00. The van der Waals surface area contributed by atoms with Crippen molar-refractivity contribution in [2.45, 2.75) is 32.7 Å². The standard InChI is InChI=1S/C25H34N4O/c1-6-13-19(7-2)21-22(27-5)24(25(30)28-17-12-11-16-26)29(18(3)4)23(21)20-14-9-8-10-15-20/h6-10,13-15,18,27H,1-2,11-12,16-17,26H2,3-5H3,(H,28,30)/b19-13+. The molecule has 0 atom stereocenters. The molecule has 0 aliphatic rings. The molecule has 1 aromatic carbocycles. The molecular weight excluding hydrogens is 372 g/mol. The Morgan fingerprint density at radius 2 is 1.90 bits per heavy atom. The molecule has 160 valence electrons. The van der Waals surface area contributed by atoms with Gasteiger partial charge < -0.3 is 20.9 Å². The van der Waals surface area contributed by atoms with Crippen molar-refractivity contribution in [3.05, 3.63) is 73.0 Å². The normalized spacial score (nSPS) is 11.4. The molecule has 0 aliphatic carbocycles. The maximum atomic E-state index is 13.3. The zero-order valence-electron chi connectivity index (χ0n) is 18.4. The number of hydrogen-bond donors (Lipinski definition) is 3. The van der Waals surface area contributed by atoms with Gasteiger partial charge in [-0.15, -0.1) is 0 Å². The van der Waals surface area contributed by atoms with Gasteiger partial charge in [0, 0.05) is 25.2 Å². The molecule has 0 saturated heterocycles. The van der Waals surface area contributed by atoms with Gasteiger partial charge >= 0.3 is 0 Å². The molecule has 0 saturated carbocycles. The number of unbranched alkanes of at least 4 members (excludes halogenated alkanes) is 1. The summed E-state index contributed by atoms with van der Waals surface area (Å²) < 4.78 is 2.11. The largest absolute Gasteiger partial charge is 0.386 e. The number of hydrogen-bond acceptors (Lipinski definition) is 3. The average molecular weight is 407 g/mol. The van der Waals surface area contributed by atoms with Crippen molar-refractivity contribution in [1.29, 1.82) is 0 Å². The zero-order chi connectivity index (χ0) is 22.1. The third-order valence-electron chi connectivity index (χ3n) is 4.96. The Morgan fingerprint density at radius 1 is 1.20 bits per heavy atom.